The first-order valence-electron chi connectivity index (χ1n) is 16.7. The lowest BCUT2D eigenvalue weighted by Crippen LogP contribution is -2.39. The Morgan fingerprint density at radius 3 is 2.43 bits per heavy atom. The van der Waals surface area contributed by atoms with Crippen LogP contribution in [0.15, 0.2) is 36.4 Å². The minimum absolute atomic E-state index is 0.00211. The number of rotatable bonds is 12. The van der Waals surface area contributed by atoms with Crippen LogP contribution in [0.2, 0.25) is 0 Å². The van der Waals surface area contributed by atoms with Gasteiger partial charge in [0.25, 0.3) is 0 Å². The Balaban J connectivity index is 1.48. The van der Waals surface area contributed by atoms with Crippen molar-refractivity contribution in [1.29, 1.82) is 0 Å². The number of halogens is 5. The third-order valence-corrected chi connectivity index (χ3v) is 8.93. The van der Waals surface area contributed by atoms with Crippen LogP contribution in [-0.2, 0) is 46.0 Å². The summed E-state index contributed by atoms with van der Waals surface area (Å²) in [5.74, 6) is -2.68. The monoisotopic (exact) mass is 718 g/mol. The largest absolute Gasteiger partial charge is 0.489 e. The second-order valence-corrected chi connectivity index (χ2v) is 13.7. The lowest BCUT2D eigenvalue weighted by molar-refractivity contribution is -0.180. The first-order chi connectivity index (χ1) is 23.9. The summed E-state index contributed by atoms with van der Waals surface area (Å²) >= 11 is 0. The van der Waals surface area contributed by atoms with Gasteiger partial charge in [0.15, 0.2) is 11.6 Å². The number of carbonyl (C=O) groups excluding carboxylic acids is 1. The van der Waals surface area contributed by atoms with Gasteiger partial charge < -0.3 is 23.8 Å². The van der Waals surface area contributed by atoms with Crippen LogP contribution in [0.25, 0.3) is 22.0 Å². The normalized spacial score (nSPS) is 14.4. The average molecular weight is 719 g/mol. The van der Waals surface area contributed by atoms with Gasteiger partial charge in [-0.3, -0.25) is 4.68 Å². The van der Waals surface area contributed by atoms with Crippen molar-refractivity contribution in [2.45, 2.75) is 84.2 Å². The lowest BCUT2D eigenvalue weighted by Gasteiger charge is -2.40. The number of ether oxygens (including phenoxy) is 4. The molecule has 0 saturated heterocycles. The highest BCUT2D eigenvalue weighted by Gasteiger charge is 2.44. The van der Waals surface area contributed by atoms with Crippen LogP contribution in [0, 0.1) is 18.6 Å². The van der Waals surface area contributed by atoms with E-state index < -0.39 is 40.8 Å². The summed E-state index contributed by atoms with van der Waals surface area (Å²) in [7, 11) is 3.24. The van der Waals surface area contributed by atoms with E-state index in [-0.39, 0.29) is 47.7 Å². The fourth-order valence-electron chi connectivity index (χ4n) is 6.06. The van der Waals surface area contributed by atoms with Crippen LogP contribution in [0.5, 0.6) is 5.75 Å². The number of alkyl halides is 3. The fraction of sp³-hybridized carbons (Fsp3) is 0.486. The molecule has 2 heterocycles. The van der Waals surface area contributed by atoms with Crippen molar-refractivity contribution in [2.24, 2.45) is 7.05 Å². The number of amides is 1. The fourth-order valence-corrected chi connectivity index (χ4v) is 6.06. The number of benzene rings is 2. The van der Waals surface area contributed by atoms with Gasteiger partial charge in [-0.2, -0.15) is 22.7 Å². The first kappa shape index (κ1) is 37.9. The van der Waals surface area contributed by atoms with Crippen LogP contribution in [0.3, 0.4) is 0 Å². The van der Waals surface area contributed by atoms with E-state index in [2.05, 4.69) is 4.98 Å². The minimum Gasteiger partial charge on any atom is -0.489 e. The van der Waals surface area contributed by atoms with Crippen LogP contribution >= 0.6 is 0 Å². The third-order valence-electron chi connectivity index (χ3n) is 8.93. The molecule has 9 nitrogen and oxygen atoms in total. The van der Waals surface area contributed by atoms with Crippen molar-refractivity contribution in [3.8, 4) is 16.9 Å². The highest BCUT2D eigenvalue weighted by molar-refractivity contribution is 5.89. The van der Waals surface area contributed by atoms with Crippen molar-refractivity contribution in [2.75, 3.05) is 27.1 Å². The van der Waals surface area contributed by atoms with Gasteiger partial charge in [-0.05, 0) is 95.3 Å². The van der Waals surface area contributed by atoms with Gasteiger partial charge in [0.2, 0.25) is 5.82 Å². The van der Waals surface area contributed by atoms with E-state index in [1.165, 1.54) is 31.3 Å². The number of aryl methyl sites for hydroxylation is 1. The Morgan fingerprint density at radius 2 is 1.80 bits per heavy atom. The van der Waals surface area contributed by atoms with Gasteiger partial charge in [0, 0.05) is 55.9 Å². The topological polar surface area (TPSA) is 87.9 Å². The van der Waals surface area contributed by atoms with Crippen molar-refractivity contribution in [3.63, 3.8) is 0 Å². The summed E-state index contributed by atoms with van der Waals surface area (Å²) in [6.45, 7) is 9.18. The van der Waals surface area contributed by atoms with Crippen molar-refractivity contribution in [3.05, 3.63) is 76.2 Å². The molecule has 1 aliphatic carbocycles. The van der Waals surface area contributed by atoms with E-state index in [0.29, 0.717) is 18.6 Å². The molecule has 0 radical (unpaired) electrons. The average Bonchev–Trinajstić information content (AvgIpc) is 3.31. The molecule has 1 aliphatic rings. The predicted octanol–water partition coefficient (Wildman–Crippen LogP) is 8.62. The summed E-state index contributed by atoms with van der Waals surface area (Å²) in [5, 5.41) is 5.03. The molecule has 276 valence electrons. The molecule has 4 aromatic rings. The van der Waals surface area contributed by atoms with E-state index in [4.69, 9.17) is 24.0 Å². The van der Waals surface area contributed by atoms with Gasteiger partial charge in [0.1, 0.15) is 23.7 Å². The van der Waals surface area contributed by atoms with Gasteiger partial charge in [-0.25, -0.2) is 14.2 Å². The quantitative estimate of drug-likeness (QED) is 0.0824. The minimum atomic E-state index is -4.76. The number of carbonyl (C=O) groups is 1. The number of hydrogen-bond donors (Lipinski definition) is 0. The zero-order valence-electron chi connectivity index (χ0n) is 29.8. The molecule has 0 bridgehead atoms. The zero-order valence-corrected chi connectivity index (χ0v) is 29.8. The Labute approximate surface area is 293 Å². The summed E-state index contributed by atoms with van der Waals surface area (Å²) in [6.07, 6.45) is -2.67. The molecule has 1 saturated carbocycles. The highest BCUT2D eigenvalue weighted by Crippen LogP contribution is 2.46. The molecule has 0 unspecified atom stereocenters. The molecule has 5 rings (SSSR count). The molecule has 2 aromatic carbocycles. The molecule has 14 heteroatoms. The number of nitrogens with zero attached hydrogens (tertiary/aromatic N) is 4. The van der Waals surface area contributed by atoms with Crippen molar-refractivity contribution in [1.82, 2.24) is 19.7 Å². The molecular formula is C37H43F5N4O5. The van der Waals surface area contributed by atoms with Crippen LogP contribution in [0.4, 0.5) is 26.7 Å². The maximum absolute atomic E-state index is 15.5. The molecule has 0 aliphatic heterocycles. The summed E-state index contributed by atoms with van der Waals surface area (Å²) in [6, 6.07) is 7.55. The maximum atomic E-state index is 15.5. The van der Waals surface area contributed by atoms with Gasteiger partial charge >= 0.3 is 12.3 Å². The Morgan fingerprint density at radius 1 is 1.08 bits per heavy atom. The Bertz CT molecular complexity index is 1900. The lowest BCUT2D eigenvalue weighted by atomic mass is 9.75. The van der Waals surface area contributed by atoms with E-state index >= 15 is 4.39 Å². The van der Waals surface area contributed by atoms with E-state index in [1.807, 2.05) is 20.9 Å². The van der Waals surface area contributed by atoms with Crippen LogP contribution in [-0.4, -0.2) is 58.4 Å². The summed E-state index contributed by atoms with van der Waals surface area (Å²) in [5.41, 5.74) is 0.609. The summed E-state index contributed by atoms with van der Waals surface area (Å²) < 4.78 is 96.5. The molecule has 0 spiro atoms. The third kappa shape index (κ3) is 8.27. The summed E-state index contributed by atoms with van der Waals surface area (Å²) in [4.78, 5) is 17.7. The van der Waals surface area contributed by atoms with E-state index in [1.54, 1.807) is 25.5 Å². The number of fused-ring (bicyclic) bond motifs is 1. The SMILES string of the molecule is CCOCOC1(c2nn(C)c(C)c2CCOc2c(-c3ccc4nc(C(F)(F)F)cc(CN(C)C(=O)OC(C)(C)C)c4c3)ccc(F)c2F)CCC1. The first-order valence-corrected chi connectivity index (χ1v) is 16.7. The van der Waals surface area contributed by atoms with Crippen LogP contribution in [0.1, 0.15) is 75.2 Å². The second kappa shape index (κ2) is 14.7. The Kier molecular flexibility index (Phi) is 11.0. The van der Waals surface area contributed by atoms with E-state index in [9.17, 15) is 22.4 Å². The second-order valence-electron chi connectivity index (χ2n) is 13.7. The van der Waals surface area contributed by atoms with Gasteiger partial charge in [0.05, 0.1) is 17.8 Å². The standard InChI is InChI=1S/C37H43F5N4O5/c1-8-48-21-50-36(15-9-16-36)33-25(22(2)46(7)44-33)14-17-49-32-26(11-12-28(38)31(32)39)23-10-13-29-27(18-23)24(19-30(43-29)37(40,41)42)20-45(6)34(47)51-35(3,4)5/h10-13,18-19H,8-9,14-17,20-21H2,1-7H3. The molecular weight excluding hydrogens is 675 g/mol. The van der Waals surface area contributed by atoms with Gasteiger partial charge in [-0.15, -0.1) is 0 Å². The molecule has 2 aromatic heterocycles. The van der Waals surface area contributed by atoms with E-state index in [0.717, 1.165) is 53.2 Å². The van der Waals surface area contributed by atoms with Gasteiger partial charge in [-0.1, -0.05) is 6.07 Å². The molecule has 1 amide bonds. The molecule has 51 heavy (non-hydrogen) atoms. The molecule has 0 N–H and O–H groups in total. The smallest absolute Gasteiger partial charge is 0.433 e. The van der Waals surface area contributed by atoms with Crippen molar-refractivity contribution >= 4 is 17.0 Å². The maximum Gasteiger partial charge on any atom is 0.433 e. The number of hydrogen-bond acceptors (Lipinski definition) is 7. The number of pyridine rings is 1. The molecule has 0 atom stereocenters. The zero-order chi connectivity index (χ0) is 37.3. The predicted molar refractivity (Wildman–Crippen MR) is 180 cm³/mol. The highest BCUT2D eigenvalue weighted by atomic mass is 19.4. The van der Waals surface area contributed by atoms with Crippen LogP contribution < -0.4 is 4.74 Å². The Hall–Kier alpha value is -4.30. The molecule has 1 fully saturated rings. The van der Waals surface area contributed by atoms with Crippen molar-refractivity contribution < 1.29 is 45.7 Å². The number of aromatic nitrogens is 3.